The van der Waals surface area contributed by atoms with Gasteiger partial charge in [-0.05, 0) is 48.1 Å². The standard InChI is InChI=1S/C12H21/c1-10(12(5,6)7)8-9-11(2,3)4/h8H,1H2,2-7H3/q+1. The first-order valence-corrected chi connectivity index (χ1v) is 4.43. The van der Waals surface area contributed by atoms with Gasteiger partial charge in [0.1, 0.15) is 0 Å². The summed E-state index contributed by atoms with van der Waals surface area (Å²) in [6.07, 6.45) is 5.32. The highest BCUT2D eigenvalue weighted by atomic mass is 14.2. The zero-order chi connectivity index (χ0) is 9.99. The first kappa shape index (κ1) is 11.4. The number of hydrogen-bond donors (Lipinski definition) is 0. The third-order valence-corrected chi connectivity index (χ3v) is 1.64. The molecule has 0 radical (unpaired) electrons. The Bertz CT molecular complexity index is 181. The molecule has 0 rings (SSSR count). The molecule has 0 aromatic heterocycles. The van der Waals surface area contributed by atoms with E-state index in [1.54, 1.807) is 0 Å². The molecular weight excluding hydrogens is 144 g/mol. The van der Waals surface area contributed by atoms with E-state index in [9.17, 15) is 0 Å². The Morgan fingerprint density at radius 2 is 1.50 bits per heavy atom. The maximum atomic E-state index is 4.01. The predicted octanol–water partition coefficient (Wildman–Crippen LogP) is 3.99. The fourth-order valence-corrected chi connectivity index (χ4v) is 0.520. The van der Waals surface area contributed by atoms with E-state index in [-0.39, 0.29) is 10.8 Å². The quantitative estimate of drug-likeness (QED) is 0.407. The molecule has 0 unspecified atom stereocenters. The minimum atomic E-state index is 0.133. The second kappa shape index (κ2) is 3.41. The molecule has 0 saturated heterocycles. The first-order valence-electron chi connectivity index (χ1n) is 4.43. The maximum absolute atomic E-state index is 4.01. The molecule has 0 N–H and O–H groups in total. The summed E-state index contributed by atoms with van der Waals surface area (Å²) in [4.78, 5) is 0. The molecule has 0 aliphatic rings. The Morgan fingerprint density at radius 3 is 1.75 bits per heavy atom. The van der Waals surface area contributed by atoms with Crippen LogP contribution < -0.4 is 0 Å². The van der Waals surface area contributed by atoms with Gasteiger partial charge in [0.15, 0.2) is 6.08 Å². The van der Waals surface area contributed by atoms with Crippen molar-refractivity contribution in [2.24, 2.45) is 10.8 Å². The van der Waals surface area contributed by atoms with Crippen molar-refractivity contribution in [3.05, 3.63) is 24.3 Å². The van der Waals surface area contributed by atoms with E-state index in [0.29, 0.717) is 0 Å². The van der Waals surface area contributed by atoms with Gasteiger partial charge in [0, 0.05) is 0 Å². The van der Waals surface area contributed by atoms with Gasteiger partial charge in [-0.3, -0.25) is 0 Å². The monoisotopic (exact) mass is 165 g/mol. The Kier molecular flexibility index (Phi) is 3.24. The van der Waals surface area contributed by atoms with E-state index >= 15 is 0 Å². The van der Waals surface area contributed by atoms with Crippen LogP contribution in [0.5, 0.6) is 0 Å². The highest BCUT2D eigenvalue weighted by molar-refractivity contribution is 5.19. The van der Waals surface area contributed by atoms with Gasteiger partial charge in [-0.1, -0.05) is 0 Å². The normalized spacial score (nSPS) is 13.2. The van der Waals surface area contributed by atoms with Crippen LogP contribution in [-0.4, -0.2) is 0 Å². The van der Waals surface area contributed by atoms with Gasteiger partial charge in [-0.15, -0.1) is 0 Å². The minimum Gasteiger partial charge on any atom is -0.0381 e. The molecule has 12 heavy (non-hydrogen) atoms. The molecule has 0 heteroatoms. The van der Waals surface area contributed by atoms with Crippen molar-refractivity contribution in [3.8, 4) is 0 Å². The van der Waals surface area contributed by atoms with Crippen molar-refractivity contribution < 1.29 is 0 Å². The summed E-state index contributed by atoms with van der Waals surface area (Å²) in [5.41, 5.74) is 1.43. The van der Waals surface area contributed by atoms with Crippen molar-refractivity contribution in [1.29, 1.82) is 0 Å². The maximum Gasteiger partial charge on any atom is 0.158 e. The Morgan fingerprint density at radius 1 is 1.08 bits per heavy atom. The SMILES string of the molecule is C=C(C=[C+]C(C)(C)C)C(C)(C)C. The van der Waals surface area contributed by atoms with Crippen LogP contribution in [0.15, 0.2) is 18.2 Å². The highest BCUT2D eigenvalue weighted by Gasteiger charge is 2.22. The summed E-state index contributed by atoms with van der Waals surface area (Å²) in [5, 5.41) is 0. The zero-order valence-electron chi connectivity index (χ0n) is 9.28. The molecule has 0 nitrogen and oxygen atoms in total. The van der Waals surface area contributed by atoms with Crippen LogP contribution in [0.2, 0.25) is 0 Å². The van der Waals surface area contributed by atoms with E-state index in [1.807, 2.05) is 6.08 Å². The lowest BCUT2D eigenvalue weighted by Gasteiger charge is -2.11. The van der Waals surface area contributed by atoms with E-state index in [1.165, 1.54) is 0 Å². The summed E-state index contributed by atoms with van der Waals surface area (Å²) >= 11 is 0. The molecule has 0 aliphatic carbocycles. The number of hydrogen-bond acceptors (Lipinski definition) is 0. The summed E-state index contributed by atoms with van der Waals surface area (Å²) in [5.74, 6) is 0. The van der Waals surface area contributed by atoms with Crippen molar-refractivity contribution in [2.75, 3.05) is 0 Å². The first-order chi connectivity index (χ1) is 5.13. The molecule has 0 atom stereocenters. The van der Waals surface area contributed by atoms with Crippen LogP contribution in [0.4, 0.5) is 0 Å². The molecule has 0 amide bonds. The summed E-state index contributed by atoms with van der Waals surface area (Å²) in [7, 11) is 0. The average Bonchev–Trinajstić information content (AvgIpc) is 1.78. The Labute approximate surface area is 77.4 Å². The van der Waals surface area contributed by atoms with Gasteiger partial charge in [0.05, 0.1) is 22.5 Å². The van der Waals surface area contributed by atoms with E-state index in [0.717, 1.165) is 5.57 Å². The van der Waals surface area contributed by atoms with Gasteiger partial charge in [-0.25, -0.2) is 0 Å². The lowest BCUT2D eigenvalue weighted by molar-refractivity contribution is 0.503. The van der Waals surface area contributed by atoms with Crippen LogP contribution >= 0.6 is 0 Å². The van der Waals surface area contributed by atoms with Crippen molar-refractivity contribution in [2.45, 2.75) is 41.5 Å². The molecule has 0 fully saturated rings. The third kappa shape index (κ3) is 5.09. The summed E-state index contributed by atoms with van der Waals surface area (Å²) < 4.78 is 0. The van der Waals surface area contributed by atoms with Gasteiger partial charge in [-0.2, -0.15) is 0 Å². The molecule has 0 aromatic carbocycles. The van der Waals surface area contributed by atoms with Gasteiger partial charge < -0.3 is 0 Å². The molecule has 0 heterocycles. The number of rotatable bonds is 1. The fraction of sp³-hybridized carbons (Fsp3) is 0.667. The van der Waals surface area contributed by atoms with Crippen LogP contribution in [0.1, 0.15) is 41.5 Å². The molecule has 0 aromatic rings. The van der Waals surface area contributed by atoms with Crippen molar-refractivity contribution in [1.82, 2.24) is 0 Å². The van der Waals surface area contributed by atoms with Crippen molar-refractivity contribution >= 4 is 0 Å². The molecular formula is C12H21+. The molecule has 0 spiro atoms. The second-order valence-corrected chi connectivity index (χ2v) is 5.31. The minimum absolute atomic E-state index is 0.133. The fourth-order valence-electron chi connectivity index (χ4n) is 0.520. The Balaban J connectivity index is 4.30. The lowest BCUT2D eigenvalue weighted by atomic mass is 9.85. The summed E-state index contributed by atoms with van der Waals surface area (Å²) in [6, 6.07) is 0. The van der Waals surface area contributed by atoms with Crippen LogP contribution in [0, 0.1) is 16.9 Å². The predicted molar refractivity (Wildman–Crippen MR) is 55.9 cm³/mol. The topological polar surface area (TPSA) is 0 Å². The molecule has 0 saturated carbocycles. The molecule has 68 valence electrons. The second-order valence-electron chi connectivity index (χ2n) is 5.31. The number of allylic oxidation sites excluding steroid dienone is 3. The molecule has 0 bridgehead atoms. The van der Waals surface area contributed by atoms with Gasteiger partial charge in [0.2, 0.25) is 0 Å². The van der Waals surface area contributed by atoms with Gasteiger partial charge in [0.25, 0.3) is 0 Å². The zero-order valence-corrected chi connectivity index (χ0v) is 9.28. The van der Waals surface area contributed by atoms with Gasteiger partial charge >= 0.3 is 0 Å². The average molecular weight is 165 g/mol. The van der Waals surface area contributed by atoms with E-state index < -0.39 is 0 Å². The lowest BCUT2D eigenvalue weighted by Crippen LogP contribution is -2.07. The largest absolute Gasteiger partial charge is 0.158 e. The van der Waals surface area contributed by atoms with Crippen molar-refractivity contribution in [3.63, 3.8) is 0 Å². The third-order valence-electron chi connectivity index (χ3n) is 1.64. The highest BCUT2D eigenvalue weighted by Crippen LogP contribution is 2.25. The Hall–Kier alpha value is -0.610. The summed E-state index contributed by atoms with van der Waals surface area (Å²) in [6.45, 7) is 16.9. The smallest absolute Gasteiger partial charge is 0.0381 e. The van der Waals surface area contributed by atoms with Crippen LogP contribution in [-0.2, 0) is 0 Å². The van der Waals surface area contributed by atoms with Crippen LogP contribution in [0.25, 0.3) is 0 Å². The van der Waals surface area contributed by atoms with E-state index in [2.05, 4.69) is 54.2 Å². The van der Waals surface area contributed by atoms with Crippen LogP contribution in [0.3, 0.4) is 0 Å². The van der Waals surface area contributed by atoms with E-state index in [4.69, 9.17) is 0 Å². The molecule has 0 aliphatic heterocycles.